The minimum atomic E-state index is -3.49. The molecule has 1 fully saturated rings. The fourth-order valence-electron chi connectivity index (χ4n) is 4.48. The summed E-state index contributed by atoms with van der Waals surface area (Å²) in [5.74, 6) is 0.634. The number of aromatic nitrogens is 2. The van der Waals surface area contributed by atoms with Gasteiger partial charge in [-0.2, -0.15) is 5.10 Å². The molecule has 4 aromatic rings. The van der Waals surface area contributed by atoms with Crippen molar-refractivity contribution in [3.8, 4) is 17.2 Å². The first-order valence-electron chi connectivity index (χ1n) is 12.0. The number of hydrogen-bond donors (Lipinski definition) is 1. The second-order valence-electron chi connectivity index (χ2n) is 9.02. The third-order valence-electron chi connectivity index (χ3n) is 6.37. The van der Waals surface area contributed by atoms with E-state index in [-0.39, 0.29) is 17.6 Å². The summed E-state index contributed by atoms with van der Waals surface area (Å²) >= 11 is 0. The summed E-state index contributed by atoms with van der Waals surface area (Å²) in [6.45, 7) is 2.09. The Hall–Kier alpha value is -3.92. The third-order valence-corrected chi connectivity index (χ3v) is 7.62. The molecule has 1 amide bonds. The van der Waals surface area contributed by atoms with E-state index in [1.807, 2.05) is 6.07 Å². The van der Waals surface area contributed by atoms with Crippen molar-refractivity contribution >= 4 is 32.5 Å². The van der Waals surface area contributed by atoms with Crippen LogP contribution in [0.1, 0.15) is 41.7 Å². The van der Waals surface area contributed by atoms with Crippen LogP contribution in [0, 0.1) is 5.82 Å². The van der Waals surface area contributed by atoms with E-state index >= 15 is 0 Å². The van der Waals surface area contributed by atoms with E-state index in [1.165, 1.54) is 34.8 Å². The number of amides is 1. The van der Waals surface area contributed by atoms with Crippen molar-refractivity contribution in [3.63, 3.8) is 0 Å². The number of halogens is 1. The van der Waals surface area contributed by atoms with Crippen LogP contribution in [0.25, 0.3) is 16.6 Å². The first-order chi connectivity index (χ1) is 17.7. The first-order valence-corrected chi connectivity index (χ1v) is 13.8. The molecule has 0 saturated heterocycles. The SMILES string of the molecule is CCN(c1cc2nn(-c3ccc(Oc4ccc(F)cc4)cc3)c(C(=O)NC)c2cc1C1CC1)S(C)(=O)=O. The number of nitrogens with one attached hydrogen (secondary N) is 1. The molecule has 0 aliphatic heterocycles. The Balaban J connectivity index is 1.60. The van der Waals surface area contributed by atoms with Crippen LogP contribution in [-0.2, 0) is 10.0 Å². The number of sulfonamides is 1. The molecule has 192 valence electrons. The molecule has 1 aromatic heterocycles. The zero-order valence-corrected chi connectivity index (χ0v) is 21.5. The van der Waals surface area contributed by atoms with E-state index in [2.05, 4.69) is 5.32 Å². The number of hydrogen-bond acceptors (Lipinski definition) is 5. The molecule has 0 bridgehead atoms. The van der Waals surface area contributed by atoms with Gasteiger partial charge in [0, 0.05) is 19.0 Å². The van der Waals surface area contributed by atoms with Crippen LogP contribution in [0.2, 0.25) is 0 Å². The number of carbonyl (C=O) groups excluding carboxylic acids is 1. The standard InChI is InChI=1S/C27H27FN4O4S/c1-4-31(37(3,34)35)25-16-24-23(15-22(25)17-5-6-17)26(27(33)29-2)32(30-24)19-9-13-21(14-10-19)36-20-11-7-18(28)8-12-20/h7-17H,4-6H2,1-3H3,(H,29,33). The van der Waals surface area contributed by atoms with Crippen LogP contribution in [0.4, 0.5) is 10.1 Å². The maximum Gasteiger partial charge on any atom is 0.270 e. The lowest BCUT2D eigenvalue weighted by Crippen LogP contribution is -2.30. The van der Waals surface area contributed by atoms with Crippen LogP contribution in [0.5, 0.6) is 11.5 Å². The topological polar surface area (TPSA) is 93.5 Å². The minimum absolute atomic E-state index is 0.249. The van der Waals surface area contributed by atoms with Gasteiger partial charge in [0.15, 0.2) is 0 Å². The Morgan fingerprint density at radius 3 is 2.27 bits per heavy atom. The van der Waals surface area contributed by atoms with E-state index in [0.717, 1.165) is 18.4 Å². The Bertz CT molecular complexity index is 1580. The average molecular weight is 523 g/mol. The molecule has 0 unspecified atom stereocenters. The highest BCUT2D eigenvalue weighted by Crippen LogP contribution is 2.46. The zero-order chi connectivity index (χ0) is 26.3. The van der Waals surface area contributed by atoms with E-state index in [0.29, 0.717) is 46.0 Å². The molecule has 0 radical (unpaired) electrons. The van der Waals surface area contributed by atoms with Gasteiger partial charge in [-0.1, -0.05) is 0 Å². The summed E-state index contributed by atoms with van der Waals surface area (Å²) in [6, 6.07) is 16.4. The molecule has 37 heavy (non-hydrogen) atoms. The van der Waals surface area contributed by atoms with E-state index in [1.54, 1.807) is 49.0 Å². The second-order valence-corrected chi connectivity index (χ2v) is 10.9. The lowest BCUT2D eigenvalue weighted by atomic mass is 10.0. The van der Waals surface area contributed by atoms with Crippen molar-refractivity contribution in [1.82, 2.24) is 15.1 Å². The molecular formula is C27H27FN4O4S. The van der Waals surface area contributed by atoms with Crippen LogP contribution < -0.4 is 14.4 Å². The second kappa shape index (κ2) is 9.51. The van der Waals surface area contributed by atoms with Gasteiger partial charge in [0.1, 0.15) is 23.0 Å². The third kappa shape index (κ3) is 4.89. The smallest absolute Gasteiger partial charge is 0.270 e. The van der Waals surface area contributed by atoms with Gasteiger partial charge < -0.3 is 10.1 Å². The summed E-state index contributed by atoms with van der Waals surface area (Å²) in [7, 11) is -1.93. The molecule has 1 aliphatic rings. The highest BCUT2D eigenvalue weighted by Gasteiger charge is 2.32. The fraction of sp³-hybridized carbons (Fsp3) is 0.259. The number of fused-ring (bicyclic) bond motifs is 1. The fourth-order valence-corrected chi connectivity index (χ4v) is 5.46. The number of carbonyl (C=O) groups is 1. The predicted molar refractivity (Wildman–Crippen MR) is 141 cm³/mol. The summed E-state index contributed by atoms with van der Waals surface area (Å²) in [4.78, 5) is 13.0. The van der Waals surface area contributed by atoms with Crippen LogP contribution in [-0.4, -0.2) is 44.0 Å². The van der Waals surface area contributed by atoms with Crippen molar-refractivity contribution in [1.29, 1.82) is 0 Å². The molecule has 1 heterocycles. The normalized spacial score (nSPS) is 13.5. The molecule has 1 aliphatic carbocycles. The molecule has 0 spiro atoms. The number of ether oxygens (including phenoxy) is 1. The predicted octanol–water partition coefficient (Wildman–Crippen LogP) is 4.98. The van der Waals surface area contributed by atoms with E-state index in [4.69, 9.17) is 9.84 Å². The Morgan fingerprint density at radius 1 is 1.11 bits per heavy atom. The number of anilines is 1. The number of rotatable bonds is 8. The highest BCUT2D eigenvalue weighted by molar-refractivity contribution is 7.92. The molecular weight excluding hydrogens is 495 g/mol. The van der Waals surface area contributed by atoms with Crippen molar-refractivity contribution in [2.45, 2.75) is 25.7 Å². The summed E-state index contributed by atoms with van der Waals surface area (Å²) < 4.78 is 47.0. The van der Waals surface area contributed by atoms with E-state index < -0.39 is 10.0 Å². The maximum atomic E-state index is 13.2. The summed E-state index contributed by atoms with van der Waals surface area (Å²) in [5.41, 5.74) is 3.03. The number of benzene rings is 3. The lowest BCUT2D eigenvalue weighted by Gasteiger charge is -2.23. The molecule has 1 saturated carbocycles. The Kier molecular flexibility index (Phi) is 6.36. The summed E-state index contributed by atoms with van der Waals surface area (Å²) in [5, 5.41) is 8.06. The van der Waals surface area contributed by atoms with E-state index in [9.17, 15) is 17.6 Å². The quantitative estimate of drug-likeness (QED) is 0.352. The zero-order valence-electron chi connectivity index (χ0n) is 20.7. The summed E-state index contributed by atoms with van der Waals surface area (Å²) in [6.07, 6.45) is 3.14. The van der Waals surface area contributed by atoms with Gasteiger partial charge in [0.25, 0.3) is 5.91 Å². The molecule has 1 N–H and O–H groups in total. The van der Waals surface area contributed by atoms with Gasteiger partial charge in [-0.3, -0.25) is 9.10 Å². The highest BCUT2D eigenvalue weighted by atomic mass is 32.2. The van der Waals surface area contributed by atoms with Crippen molar-refractivity contribution in [2.24, 2.45) is 0 Å². The van der Waals surface area contributed by atoms with Crippen LogP contribution in [0.3, 0.4) is 0 Å². The molecule has 3 aromatic carbocycles. The van der Waals surface area contributed by atoms with Crippen LogP contribution in [0.15, 0.2) is 60.7 Å². The molecule has 10 heteroatoms. The lowest BCUT2D eigenvalue weighted by molar-refractivity contribution is 0.0957. The monoisotopic (exact) mass is 522 g/mol. The molecule has 0 atom stereocenters. The van der Waals surface area contributed by atoms with Gasteiger partial charge in [-0.25, -0.2) is 17.5 Å². The van der Waals surface area contributed by atoms with Crippen molar-refractivity contribution < 1.29 is 22.3 Å². The molecule has 5 rings (SSSR count). The maximum absolute atomic E-state index is 13.2. The Morgan fingerprint density at radius 2 is 1.73 bits per heavy atom. The minimum Gasteiger partial charge on any atom is -0.457 e. The van der Waals surface area contributed by atoms with Crippen molar-refractivity contribution in [3.05, 3.63) is 77.7 Å². The van der Waals surface area contributed by atoms with Gasteiger partial charge in [0.05, 0.1) is 23.1 Å². The Labute approximate surface area is 214 Å². The number of nitrogens with zero attached hydrogens (tertiary/aromatic N) is 3. The largest absolute Gasteiger partial charge is 0.457 e. The van der Waals surface area contributed by atoms with Gasteiger partial charge in [0.2, 0.25) is 10.0 Å². The average Bonchev–Trinajstić information content (AvgIpc) is 3.65. The molecule has 8 nitrogen and oxygen atoms in total. The van der Waals surface area contributed by atoms with Crippen molar-refractivity contribution in [2.75, 3.05) is 24.2 Å². The van der Waals surface area contributed by atoms with Gasteiger partial charge >= 0.3 is 0 Å². The van der Waals surface area contributed by atoms with Gasteiger partial charge in [-0.15, -0.1) is 0 Å². The van der Waals surface area contributed by atoms with Crippen LogP contribution >= 0.6 is 0 Å². The van der Waals surface area contributed by atoms with Gasteiger partial charge in [-0.05, 0) is 91.9 Å². The first kappa shape index (κ1) is 24.8.